The van der Waals surface area contributed by atoms with Gasteiger partial charge in [0.15, 0.2) is 11.7 Å². The molecular weight excluding hydrogens is 349 g/mol. The Kier molecular flexibility index (Phi) is 5.18. The fourth-order valence-electron chi connectivity index (χ4n) is 2.09. The minimum absolute atomic E-state index is 0.148. The highest BCUT2D eigenvalue weighted by atomic mass is 35.5. The van der Waals surface area contributed by atoms with E-state index in [1.165, 1.54) is 6.07 Å². The predicted molar refractivity (Wildman–Crippen MR) is 92.4 cm³/mol. The minimum Gasteiger partial charge on any atom is -0.441 e. The third-order valence-electron chi connectivity index (χ3n) is 3.28. The second kappa shape index (κ2) is 7.51. The van der Waals surface area contributed by atoms with Crippen molar-refractivity contribution in [2.24, 2.45) is 0 Å². The quantitative estimate of drug-likeness (QED) is 0.463. The normalized spacial score (nSPS) is 10.6. The fourth-order valence-corrected chi connectivity index (χ4v) is 2.38. The third-order valence-corrected chi connectivity index (χ3v) is 4.02. The zero-order chi connectivity index (χ0) is 16.9. The highest BCUT2D eigenvalue weighted by molar-refractivity contribution is 6.42. The van der Waals surface area contributed by atoms with Crippen molar-refractivity contribution < 1.29 is 13.9 Å². The molecule has 0 N–H and O–H groups in total. The van der Waals surface area contributed by atoms with Gasteiger partial charge in [0.25, 0.3) is 0 Å². The predicted octanol–water partition coefficient (Wildman–Crippen LogP) is 5.19. The molecule has 0 saturated heterocycles. The number of hydrogen-bond acceptors (Lipinski definition) is 4. The Morgan fingerprint density at radius 3 is 2.62 bits per heavy atom. The van der Waals surface area contributed by atoms with Gasteiger partial charge in [0.1, 0.15) is 5.75 Å². The summed E-state index contributed by atoms with van der Waals surface area (Å²) in [5, 5.41) is 0.742. The van der Waals surface area contributed by atoms with E-state index in [2.05, 4.69) is 4.98 Å². The Balaban J connectivity index is 1.56. The molecule has 4 nitrogen and oxygen atoms in total. The van der Waals surface area contributed by atoms with Crippen LogP contribution < -0.4 is 4.74 Å². The first kappa shape index (κ1) is 16.6. The lowest BCUT2D eigenvalue weighted by molar-refractivity contribution is -0.134. The number of carbonyl (C=O) groups excluding carboxylic acids is 1. The molecular formula is C18H13Cl2NO3. The first-order valence-corrected chi connectivity index (χ1v) is 8.03. The monoisotopic (exact) mass is 361 g/mol. The van der Waals surface area contributed by atoms with E-state index in [9.17, 15) is 4.79 Å². The van der Waals surface area contributed by atoms with E-state index in [1.54, 1.807) is 18.3 Å². The average Bonchev–Trinajstić information content (AvgIpc) is 3.06. The Hall–Kier alpha value is -2.30. The van der Waals surface area contributed by atoms with Gasteiger partial charge in [0, 0.05) is 18.1 Å². The maximum absolute atomic E-state index is 11.9. The van der Waals surface area contributed by atoms with Gasteiger partial charge in [-0.3, -0.25) is 4.79 Å². The van der Waals surface area contributed by atoms with Crippen LogP contribution in [0.5, 0.6) is 5.75 Å². The second-order valence-corrected chi connectivity index (χ2v) is 5.85. The molecule has 3 rings (SSSR count). The van der Waals surface area contributed by atoms with Gasteiger partial charge in [-0.1, -0.05) is 53.5 Å². The van der Waals surface area contributed by atoms with E-state index in [0.29, 0.717) is 33.9 Å². The Morgan fingerprint density at radius 1 is 1.08 bits per heavy atom. The van der Waals surface area contributed by atoms with Crippen LogP contribution in [-0.4, -0.2) is 11.0 Å². The number of benzene rings is 2. The number of aromatic nitrogens is 1. The second-order valence-electron chi connectivity index (χ2n) is 5.03. The highest BCUT2D eigenvalue weighted by Gasteiger charge is 2.11. The molecule has 0 bridgehead atoms. The molecule has 122 valence electrons. The molecule has 0 radical (unpaired) electrons. The van der Waals surface area contributed by atoms with Crippen LogP contribution >= 0.6 is 23.2 Å². The van der Waals surface area contributed by atoms with Crippen molar-refractivity contribution in [2.75, 3.05) is 0 Å². The fraction of sp³-hybridized carbons (Fsp3) is 0.111. The minimum atomic E-state index is -0.396. The van der Waals surface area contributed by atoms with Crippen molar-refractivity contribution in [3.05, 3.63) is 70.7 Å². The smallest absolute Gasteiger partial charge is 0.311 e. The van der Waals surface area contributed by atoms with Gasteiger partial charge in [0.2, 0.25) is 0 Å². The average molecular weight is 362 g/mol. The van der Waals surface area contributed by atoms with Crippen LogP contribution in [0.1, 0.15) is 12.3 Å². The van der Waals surface area contributed by atoms with Crippen molar-refractivity contribution in [2.45, 2.75) is 12.8 Å². The summed E-state index contributed by atoms with van der Waals surface area (Å²) in [6.07, 6.45) is 2.15. The molecule has 0 saturated carbocycles. The summed E-state index contributed by atoms with van der Waals surface area (Å²) in [7, 11) is 0. The number of rotatable bonds is 5. The summed E-state index contributed by atoms with van der Waals surface area (Å²) in [5.41, 5.74) is 0.939. The van der Waals surface area contributed by atoms with Crippen LogP contribution in [0.4, 0.5) is 0 Å². The molecule has 1 aromatic heterocycles. The molecule has 0 unspecified atom stereocenters. The van der Waals surface area contributed by atoms with E-state index in [1.807, 2.05) is 30.3 Å². The van der Waals surface area contributed by atoms with Crippen LogP contribution in [0.3, 0.4) is 0 Å². The van der Waals surface area contributed by atoms with Crippen molar-refractivity contribution in [3.8, 4) is 17.1 Å². The third kappa shape index (κ3) is 4.16. The number of nitrogens with zero attached hydrogens (tertiary/aromatic N) is 1. The van der Waals surface area contributed by atoms with Crippen molar-refractivity contribution in [1.82, 2.24) is 4.98 Å². The topological polar surface area (TPSA) is 52.3 Å². The molecule has 0 aliphatic rings. The lowest BCUT2D eigenvalue weighted by Crippen LogP contribution is -2.09. The van der Waals surface area contributed by atoms with Crippen LogP contribution in [0.15, 0.2) is 59.1 Å². The standard InChI is InChI=1S/C18H13Cl2NO3/c19-14-7-6-13(10-15(14)20)23-18(22)9-8-17-21-11-16(24-17)12-4-2-1-3-5-12/h1-7,10-11H,8-9H2. The van der Waals surface area contributed by atoms with Gasteiger partial charge in [-0.2, -0.15) is 0 Å². The Morgan fingerprint density at radius 2 is 1.88 bits per heavy atom. The number of carbonyl (C=O) groups is 1. The highest BCUT2D eigenvalue weighted by Crippen LogP contribution is 2.26. The van der Waals surface area contributed by atoms with Gasteiger partial charge in [-0.25, -0.2) is 4.98 Å². The molecule has 24 heavy (non-hydrogen) atoms. The molecule has 0 atom stereocenters. The van der Waals surface area contributed by atoms with Gasteiger partial charge < -0.3 is 9.15 Å². The van der Waals surface area contributed by atoms with Gasteiger partial charge >= 0.3 is 5.97 Å². The van der Waals surface area contributed by atoms with Crippen LogP contribution in [-0.2, 0) is 11.2 Å². The summed E-state index contributed by atoms with van der Waals surface area (Å²) in [6.45, 7) is 0. The van der Waals surface area contributed by atoms with E-state index >= 15 is 0 Å². The maximum Gasteiger partial charge on any atom is 0.311 e. The van der Waals surface area contributed by atoms with Gasteiger partial charge in [-0.05, 0) is 12.1 Å². The van der Waals surface area contributed by atoms with Crippen molar-refractivity contribution in [3.63, 3.8) is 0 Å². The zero-order valence-corrected chi connectivity index (χ0v) is 14.1. The molecule has 1 heterocycles. The maximum atomic E-state index is 11.9. The van der Waals surface area contributed by atoms with Gasteiger partial charge in [-0.15, -0.1) is 0 Å². The summed E-state index contributed by atoms with van der Waals surface area (Å²) in [5.74, 6) is 1.11. The number of hydrogen-bond donors (Lipinski definition) is 0. The molecule has 2 aromatic carbocycles. The van der Waals surface area contributed by atoms with E-state index < -0.39 is 5.97 Å². The van der Waals surface area contributed by atoms with Crippen LogP contribution in [0.25, 0.3) is 11.3 Å². The number of halogens is 2. The number of oxazole rings is 1. The lowest BCUT2D eigenvalue weighted by atomic mass is 10.2. The molecule has 0 fully saturated rings. The molecule has 0 spiro atoms. The van der Waals surface area contributed by atoms with Crippen LogP contribution in [0, 0.1) is 0 Å². The first-order chi connectivity index (χ1) is 11.6. The number of ether oxygens (including phenoxy) is 1. The molecule has 3 aromatic rings. The summed E-state index contributed by atoms with van der Waals surface area (Å²) in [4.78, 5) is 16.1. The summed E-state index contributed by atoms with van der Waals surface area (Å²) < 4.78 is 10.9. The van der Waals surface area contributed by atoms with Crippen LogP contribution in [0.2, 0.25) is 10.0 Å². The van der Waals surface area contributed by atoms with E-state index in [0.717, 1.165) is 5.56 Å². The molecule has 0 aliphatic heterocycles. The van der Waals surface area contributed by atoms with E-state index in [4.69, 9.17) is 32.4 Å². The molecule has 0 aliphatic carbocycles. The van der Waals surface area contributed by atoms with Crippen molar-refractivity contribution in [1.29, 1.82) is 0 Å². The first-order valence-electron chi connectivity index (χ1n) is 7.27. The summed E-state index contributed by atoms with van der Waals surface area (Å²) >= 11 is 11.7. The zero-order valence-electron chi connectivity index (χ0n) is 12.5. The van der Waals surface area contributed by atoms with Crippen molar-refractivity contribution >= 4 is 29.2 Å². The number of esters is 1. The van der Waals surface area contributed by atoms with Gasteiger partial charge in [0.05, 0.1) is 22.7 Å². The molecule has 6 heteroatoms. The summed E-state index contributed by atoms with van der Waals surface area (Å²) in [6, 6.07) is 14.3. The Labute approximate surface area is 149 Å². The Bertz CT molecular complexity index is 846. The van der Waals surface area contributed by atoms with E-state index in [-0.39, 0.29) is 6.42 Å². The SMILES string of the molecule is O=C(CCc1ncc(-c2ccccc2)o1)Oc1ccc(Cl)c(Cl)c1. The lowest BCUT2D eigenvalue weighted by Gasteiger charge is -2.04. The molecule has 0 amide bonds. The largest absolute Gasteiger partial charge is 0.441 e. The number of aryl methyl sites for hydroxylation is 1.